The van der Waals surface area contributed by atoms with Crippen molar-refractivity contribution < 1.29 is 38.1 Å². The molecule has 2 heterocycles. The fraction of sp³-hybridized carbons (Fsp3) is 0.250. The normalized spacial score (nSPS) is 17.9. The Morgan fingerprint density at radius 3 is 2.48 bits per heavy atom. The molecule has 0 amide bonds. The Morgan fingerprint density at radius 2 is 1.84 bits per heavy atom. The lowest BCUT2D eigenvalue weighted by Crippen LogP contribution is -2.31. The molecule has 31 heavy (non-hydrogen) atoms. The molecule has 0 unspecified atom stereocenters. The van der Waals surface area contributed by atoms with Gasteiger partial charge < -0.3 is 20.6 Å². The number of nitrogens with zero attached hydrogens (tertiary/aromatic N) is 1. The van der Waals surface area contributed by atoms with Crippen LogP contribution in [-0.2, 0) is 11.2 Å². The van der Waals surface area contributed by atoms with Gasteiger partial charge in [0.15, 0.2) is 0 Å². The van der Waals surface area contributed by atoms with Gasteiger partial charge in [0.1, 0.15) is 10.7 Å². The van der Waals surface area contributed by atoms with Crippen LogP contribution >= 0.6 is 11.3 Å². The van der Waals surface area contributed by atoms with Crippen LogP contribution in [0.4, 0.5) is 19.0 Å². The minimum atomic E-state index is -5.08. The van der Waals surface area contributed by atoms with E-state index in [4.69, 9.17) is 9.90 Å². The highest BCUT2D eigenvalue weighted by molar-refractivity contribution is 7.20. The van der Waals surface area contributed by atoms with Crippen LogP contribution in [-0.4, -0.2) is 44.5 Å². The van der Waals surface area contributed by atoms with E-state index in [2.05, 4.69) is 16.4 Å². The number of nitrogens with one attached hydrogen (secondary N) is 1. The average Bonchev–Trinajstić information content (AvgIpc) is 3.15. The lowest BCUT2D eigenvalue weighted by Gasteiger charge is -2.31. The van der Waals surface area contributed by atoms with E-state index >= 15 is 0 Å². The van der Waals surface area contributed by atoms with Crippen LogP contribution in [0.2, 0.25) is 0 Å². The van der Waals surface area contributed by atoms with Gasteiger partial charge in [0.25, 0.3) is 0 Å². The number of aliphatic hydroxyl groups is 1. The summed E-state index contributed by atoms with van der Waals surface area (Å²) in [5.41, 5.74) is 2.30. The van der Waals surface area contributed by atoms with Crippen molar-refractivity contribution in [1.29, 1.82) is 0 Å². The van der Waals surface area contributed by atoms with Crippen LogP contribution in [0.3, 0.4) is 0 Å². The summed E-state index contributed by atoms with van der Waals surface area (Å²) in [4.78, 5) is 24.8. The Morgan fingerprint density at radius 1 is 1.16 bits per heavy atom. The minimum Gasteiger partial charge on any atom is -0.477 e. The standard InChI is InChI=1S/C18H16N2O3S.C2HF3O2/c21-13-6-5-10-3-1-2-4-11(10)16(13)20-17-12-9-15(18(22)23)24-14(12)7-8-19-17;3-2(4,5)1(6)7/h1-4,7-9,13,16,21H,5-6H2,(H,19,20)(H,22,23);(H,6,7)/t13-,16+;/m1./s1. The SMILES string of the molecule is O=C(O)C(F)(F)F.O=C(O)c1cc2c(N[C@H]3c4ccccc4CC[C@H]3O)nccc2s1. The molecule has 4 rings (SSSR count). The Labute approximate surface area is 177 Å². The third-order valence-electron chi connectivity index (χ3n) is 4.68. The third kappa shape index (κ3) is 5.12. The third-order valence-corrected chi connectivity index (χ3v) is 5.76. The molecule has 0 saturated heterocycles. The fourth-order valence-corrected chi connectivity index (χ4v) is 4.14. The highest BCUT2D eigenvalue weighted by Gasteiger charge is 2.38. The number of alkyl halides is 3. The Balaban J connectivity index is 0.000000339. The summed E-state index contributed by atoms with van der Waals surface area (Å²) in [6.45, 7) is 0. The summed E-state index contributed by atoms with van der Waals surface area (Å²) in [7, 11) is 0. The molecule has 2 aromatic heterocycles. The van der Waals surface area contributed by atoms with Crippen LogP contribution < -0.4 is 5.32 Å². The molecule has 0 bridgehead atoms. The van der Waals surface area contributed by atoms with E-state index in [1.165, 1.54) is 16.9 Å². The highest BCUT2D eigenvalue weighted by atomic mass is 32.1. The first-order valence-electron chi connectivity index (χ1n) is 9.02. The maximum Gasteiger partial charge on any atom is 0.490 e. The number of halogens is 3. The molecule has 0 spiro atoms. The number of aryl methyl sites for hydroxylation is 1. The number of hydrogen-bond acceptors (Lipinski definition) is 6. The number of fused-ring (bicyclic) bond motifs is 2. The molecule has 0 radical (unpaired) electrons. The summed E-state index contributed by atoms with van der Waals surface area (Å²) in [6.07, 6.45) is -2.38. The summed E-state index contributed by atoms with van der Waals surface area (Å²) in [6, 6.07) is 11.3. The lowest BCUT2D eigenvalue weighted by atomic mass is 9.85. The molecule has 1 aliphatic carbocycles. The second kappa shape index (κ2) is 8.90. The van der Waals surface area contributed by atoms with Gasteiger partial charge in [-0.25, -0.2) is 14.6 Å². The molecule has 4 N–H and O–H groups in total. The summed E-state index contributed by atoms with van der Waals surface area (Å²) >= 11 is 1.23. The van der Waals surface area contributed by atoms with Gasteiger partial charge in [-0.15, -0.1) is 11.3 Å². The number of carbonyl (C=O) groups is 2. The molecule has 1 aromatic carbocycles. The van der Waals surface area contributed by atoms with Crippen molar-refractivity contribution in [2.24, 2.45) is 0 Å². The number of benzene rings is 1. The van der Waals surface area contributed by atoms with E-state index < -0.39 is 24.2 Å². The van der Waals surface area contributed by atoms with Gasteiger partial charge in [0.2, 0.25) is 0 Å². The largest absolute Gasteiger partial charge is 0.490 e. The number of aromatic nitrogens is 1. The van der Waals surface area contributed by atoms with Gasteiger partial charge in [-0.2, -0.15) is 13.2 Å². The molecule has 1 aliphatic rings. The van der Waals surface area contributed by atoms with Crippen molar-refractivity contribution in [3.63, 3.8) is 0 Å². The predicted octanol–water partition coefficient (Wildman–Crippen LogP) is 4.09. The van der Waals surface area contributed by atoms with Crippen LogP contribution in [0.5, 0.6) is 0 Å². The van der Waals surface area contributed by atoms with Crippen molar-refractivity contribution in [2.75, 3.05) is 5.32 Å². The number of anilines is 1. The molecule has 0 fully saturated rings. The topological polar surface area (TPSA) is 120 Å². The summed E-state index contributed by atoms with van der Waals surface area (Å²) < 4.78 is 32.6. The highest BCUT2D eigenvalue weighted by Crippen LogP contribution is 2.36. The van der Waals surface area contributed by atoms with E-state index in [1.54, 1.807) is 12.3 Å². The molecular formula is C20H17F3N2O5S. The maximum atomic E-state index is 11.2. The Kier molecular flexibility index (Phi) is 6.46. The van der Waals surface area contributed by atoms with Gasteiger partial charge in [-0.1, -0.05) is 24.3 Å². The zero-order chi connectivity index (χ0) is 22.8. The van der Waals surface area contributed by atoms with Crippen LogP contribution in [0, 0.1) is 0 Å². The first kappa shape index (κ1) is 22.5. The quantitative estimate of drug-likeness (QED) is 0.471. The second-order valence-corrected chi connectivity index (χ2v) is 7.80. The van der Waals surface area contributed by atoms with E-state index in [0.717, 1.165) is 22.1 Å². The van der Waals surface area contributed by atoms with Gasteiger partial charge in [-0.3, -0.25) is 0 Å². The van der Waals surface area contributed by atoms with Crippen molar-refractivity contribution >= 4 is 39.2 Å². The number of carboxylic acids is 2. The van der Waals surface area contributed by atoms with Gasteiger partial charge >= 0.3 is 18.1 Å². The first-order valence-corrected chi connectivity index (χ1v) is 9.84. The first-order chi connectivity index (χ1) is 14.6. The number of aliphatic hydroxyl groups excluding tert-OH is 1. The number of rotatable bonds is 3. The van der Waals surface area contributed by atoms with E-state index in [-0.39, 0.29) is 10.9 Å². The number of thiophene rings is 1. The Bertz CT molecular complexity index is 1120. The van der Waals surface area contributed by atoms with Gasteiger partial charge in [0, 0.05) is 16.3 Å². The van der Waals surface area contributed by atoms with Crippen molar-refractivity contribution in [2.45, 2.75) is 31.2 Å². The Hall–Kier alpha value is -3.18. The lowest BCUT2D eigenvalue weighted by molar-refractivity contribution is -0.192. The molecule has 2 atom stereocenters. The molecule has 11 heteroatoms. The van der Waals surface area contributed by atoms with Crippen molar-refractivity contribution in [3.05, 3.63) is 58.6 Å². The van der Waals surface area contributed by atoms with Gasteiger partial charge in [-0.05, 0) is 36.1 Å². The summed E-state index contributed by atoms with van der Waals surface area (Å²) in [5.74, 6) is -3.09. The minimum absolute atomic E-state index is 0.249. The maximum absolute atomic E-state index is 11.2. The molecule has 7 nitrogen and oxygen atoms in total. The zero-order valence-corrected chi connectivity index (χ0v) is 16.6. The van der Waals surface area contributed by atoms with Gasteiger partial charge in [0.05, 0.1) is 12.1 Å². The number of pyridine rings is 1. The number of aliphatic carboxylic acids is 1. The number of hydrogen-bond donors (Lipinski definition) is 4. The van der Waals surface area contributed by atoms with E-state index in [9.17, 15) is 28.2 Å². The molecule has 164 valence electrons. The molecule has 0 saturated carbocycles. The van der Waals surface area contributed by atoms with Crippen LogP contribution in [0.1, 0.15) is 33.3 Å². The monoisotopic (exact) mass is 454 g/mol. The van der Waals surface area contributed by atoms with Crippen LogP contribution in [0.25, 0.3) is 10.1 Å². The second-order valence-electron chi connectivity index (χ2n) is 6.72. The molecule has 3 aromatic rings. The van der Waals surface area contributed by atoms with E-state index in [0.29, 0.717) is 12.2 Å². The fourth-order valence-electron chi connectivity index (χ4n) is 3.25. The zero-order valence-electron chi connectivity index (χ0n) is 15.8. The summed E-state index contributed by atoms with van der Waals surface area (Å²) in [5, 5.41) is 30.9. The van der Waals surface area contributed by atoms with Crippen molar-refractivity contribution in [1.82, 2.24) is 4.98 Å². The molecular weight excluding hydrogens is 437 g/mol. The van der Waals surface area contributed by atoms with Crippen LogP contribution in [0.15, 0.2) is 42.6 Å². The van der Waals surface area contributed by atoms with E-state index in [1.807, 2.05) is 24.3 Å². The average molecular weight is 454 g/mol. The van der Waals surface area contributed by atoms with Crippen molar-refractivity contribution in [3.8, 4) is 0 Å². The molecule has 0 aliphatic heterocycles. The number of aromatic carboxylic acids is 1. The predicted molar refractivity (Wildman–Crippen MR) is 107 cm³/mol. The smallest absolute Gasteiger partial charge is 0.477 e. The number of carboxylic acid groups (broad SMARTS) is 2.